The summed E-state index contributed by atoms with van der Waals surface area (Å²) < 4.78 is 9.90. The molecule has 0 unspecified atom stereocenters. The summed E-state index contributed by atoms with van der Waals surface area (Å²) in [6, 6.07) is 0. The largest absolute Gasteiger partial charge is 0.465 e. The topological polar surface area (TPSA) is 52.6 Å². The van der Waals surface area contributed by atoms with E-state index in [-0.39, 0.29) is 11.9 Å². The van der Waals surface area contributed by atoms with Crippen LogP contribution in [0.5, 0.6) is 0 Å². The Morgan fingerprint density at radius 2 is 1.05 bits per heavy atom. The molecule has 0 bridgehead atoms. The molecule has 4 heteroatoms. The highest BCUT2D eigenvalue weighted by Gasteiger charge is 2.03. The van der Waals surface area contributed by atoms with Gasteiger partial charge in [-0.05, 0) is 12.8 Å². The van der Waals surface area contributed by atoms with E-state index in [0.29, 0.717) is 38.9 Å². The van der Waals surface area contributed by atoms with Crippen LogP contribution >= 0.6 is 0 Å². The average molecular weight is 306 g/mol. The van der Waals surface area contributed by atoms with Crippen molar-refractivity contribution in [2.75, 3.05) is 13.2 Å². The highest BCUT2D eigenvalue weighted by atomic mass is 16.5. The fourth-order valence-electron chi connectivity index (χ4n) is 1.84. The van der Waals surface area contributed by atoms with Crippen LogP contribution in [-0.2, 0) is 19.1 Å². The van der Waals surface area contributed by atoms with Gasteiger partial charge >= 0.3 is 11.9 Å². The lowest BCUT2D eigenvalue weighted by atomic mass is 10.1. The molecular formula is C18H26O4. The molecule has 22 heavy (non-hydrogen) atoms. The van der Waals surface area contributed by atoms with Crippen LogP contribution in [0.3, 0.4) is 0 Å². The number of hydrogen-bond acceptors (Lipinski definition) is 4. The second-order valence-electron chi connectivity index (χ2n) is 4.97. The number of unbranched alkanes of at least 4 members (excludes halogenated alkanes) is 5. The van der Waals surface area contributed by atoms with E-state index < -0.39 is 0 Å². The van der Waals surface area contributed by atoms with E-state index in [0.717, 1.165) is 38.5 Å². The Hall–Kier alpha value is -1.94. The van der Waals surface area contributed by atoms with Gasteiger partial charge in [-0.3, -0.25) is 9.59 Å². The van der Waals surface area contributed by atoms with E-state index in [1.165, 1.54) is 0 Å². The van der Waals surface area contributed by atoms with Crippen molar-refractivity contribution in [2.24, 2.45) is 0 Å². The summed E-state index contributed by atoms with van der Waals surface area (Å²) in [4.78, 5) is 22.6. The van der Waals surface area contributed by atoms with Crippen molar-refractivity contribution in [3.8, 4) is 24.7 Å². The molecule has 0 aromatic carbocycles. The van der Waals surface area contributed by atoms with Gasteiger partial charge in [0.25, 0.3) is 0 Å². The lowest BCUT2D eigenvalue weighted by molar-refractivity contribution is -0.144. The summed E-state index contributed by atoms with van der Waals surface area (Å²) in [5.41, 5.74) is 0. The molecule has 4 nitrogen and oxygen atoms in total. The highest BCUT2D eigenvalue weighted by molar-refractivity contribution is 5.69. The number of ether oxygens (including phenoxy) is 2. The zero-order valence-electron chi connectivity index (χ0n) is 13.3. The van der Waals surface area contributed by atoms with Gasteiger partial charge in [-0.2, -0.15) is 0 Å². The average Bonchev–Trinajstić information content (AvgIpc) is 2.50. The zero-order valence-corrected chi connectivity index (χ0v) is 13.3. The summed E-state index contributed by atoms with van der Waals surface area (Å²) in [7, 11) is 0. The first-order valence-corrected chi connectivity index (χ1v) is 7.89. The molecule has 0 aliphatic heterocycles. The van der Waals surface area contributed by atoms with E-state index >= 15 is 0 Å². The molecule has 0 N–H and O–H groups in total. The zero-order chi connectivity index (χ0) is 16.5. The van der Waals surface area contributed by atoms with Gasteiger partial charge in [-0.15, -0.1) is 24.7 Å². The molecule has 0 heterocycles. The van der Waals surface area contributed by atoms with Crippen LogP contribution in [0.4, 0.5) is 0 Å². The summed E-state index contributed by atoms with van der Waals surface area (Å²) in [6.45, 7) is 0.625. The molecule has 0 amide bonds. The second kappa shape index (κ2) is 15.4. The number of rotatable bonds is 13. The number of hydrogen-bond donors (Lipinski definition) is 0. The van der Waals surface area contributed by atoms with E-state index in [4.69, 9.17) is 22.3 Å². The summed E-state index contributed by atoms with van der Waals surface area (Å²) in [5, 5.41) is 0. The Morgan fingerprint density at radius 3 is 1.41 bits per heavy atom. The lowest BCUT2D eigenvalue weighted by Crippen LogP contribution is -2.05. The SMILES string of the molecule is C#CCCOC(=O)CCCCCCCCC(=O)OCCC#C. The van der Waals surface area contributed by atoms with Crippen LogP contribution in [0.1, 0.15) is 64.2 Å². The maximum absolute atomic E-state index is 11.3. The van der Waals surface area contributed by atoms with Gasteiger partial charge in [0.15, 0.2) is 0 Å². The Labute approximate surface area is 133 Å². The summed E-state index contributed by atoms with van der Waals surface area (Å²) in [6.07, 6.45) is 17.8. The van der Waals surface area contributed by atoms with Gasteiger partial charge in [-0.1, -0.05) is 25.7 Å². The fraction of sp³-hybridized carbons (Fsp3) is 0.667. The smallest absolute Gasteiger partial charge is 0.305 e. The van der Waals surface area contributed by atoms with Gasteiger partial charge in [0.1, 0.15) is 13.2 Å². The molecule has 0 rings (SSSR count). The van der Waals surface area contributed by atoms with Gasteiger partial charge in [0.2, 0.25) is 0 Å². The molecule has 0 spiro atoms. The molecule has 0 fully saturated rings. The van der Waals surface area contributed by atoms with Crippen molar-refractivity contribution in [3.63, 3.8) is 0 Å². The minimum atomic E-state index is -0.176. The third kappa shape index (κ3) is 14.5. The Kier molecular flexibility index (Phi) is 14.1. The third-order valence-corrected chi connectivity index (χ3v) is 3.03. The van der Waals surface area contributed by atoms with Crippen molar-refractivity contribution < 1.29 is 19.1 Å². The van der Waals surface area contributed by atoms with Gasteiger partial charge in [-0.25, -0.2) is 0 Å². The predicted octanol–water partition coefficient (Wildman–Crippen LogP) is 3.24. The van der Waals surface area contributed by atoms with Crippen LogP contribution in [0.15, 0.2) is 0 Å². The first kappa shape index (κ1) is 20.1. The van der Waals surface area contributed by atoms with E-state index in [2.05, 4.69) is 11.8 Å². The van der Waals surface area contributed by atoms with Gasteiger partial charge < -0.3 is 9.47 Å². The lowest BCUT2D eigenvalue weighted by Gasteiger charge is -2.04. The monoisotopic (exact) mass is 306 g/mol. The van der Waals surface area contributed by atoms with E-state index in [1.54, 1.807) is 0 Å². The molecule has 0 atom stereocenters. The number of terminal acetylenes is 2. The van der Waals surface area contributed by atoms with Crippen molar-refractivity contribution in [3.05, 3.63) is 0 Å². The number of carbonyl (C=O) groups excluding carboxylic acids is 2. The van der Waals surface area contributed by atoms with Crippen LogP contribution in [0, 0.1) is 24.7 Å². The molecule has 0 radical (unpaired) electrons. The van der Waals surface area contributed by atoms with Gasteiger partial charge in [0.05, 0.1) is 0 Å². The minimum absolute atomic E-state index is 0.176. The first-order chi connectivity index (χ1) is 10.7. The van der Waals surface area contributed by atoms with Crippen LogP contribution in [0.2, 0.25) is 0 Å². The van der Waals surface area contributed by atoms with Crippen LogP contribution in [0.25, 0.3) is 0 Å². The number of carbonyl (C=O) groups is 2. The Morgan fingerprint density at radius 1 is 0.682 bits per heavy atom. The number of esters is 2. The van der Waals surface area contributed by atoms with E-state index in [9.17, 15) is 9.59 Å². The van der Waals surface area contributed by atoms with Crippen molar-refractivity contribution >= 4 is 11.9 Å². The Balaban J connectivity index is 3.27. The van der Waals surface area contributed by atoms with E-state index in [1.807, 2.05) is 0 Å². The molecule has 0 aliphatic carbocycles. The normalized spacial score (nSPS) is 9.55. The molecule has 0 aliphatic rings. The van der Waals surface area contributed by atoms with Crippen molar-refractivity contribution in [1.29, 1.82) is 0 Å². The van der Waals surface area contributed by atoms with Gasteiger partial charge in [0, 0.05) is 25.7 Å². The predicted molar refractivity (Wildman–Crippen MR) is 85.8 cm³/mol. The molecule has 0 aromatic heterocycles. The quantitative estimate of drug-likeness (QED) is 0.298. The molecule has 0 saturated carbocycles. The maximum atomic E-state index is 11.3. The first-order valence-electron chi connectivity index (χ1n) is 7.89. The van der Waals surface area contributed by atoms with Crippen LogP contribution in [-0.4, -0.2) is 25.2 Å². The molecule has 0 saturated heterocycles. The van der Waals surface area contributed by atoms with Crippen molar-refractivity contribution in [1.82, 2.24) is 0 Å². The second-order valence-corrected chi connectivity index (χ2v) is 4.97. The standard InChI is InChI=1S/C18H26O4/c1-3-5-15-21-17(19)13-11-9-7-8-10-12-14-18(20)22-16-6-4-2/h1-2H,5-16H2. The summed E-state index contributed by atoms with van der Waals surface area (Å²) in [5.74, 6) is 4.49. The van der Waals surface area contributed by atoms with Crippen LogP contribution < -0.4 is 0 Å². The third-order valence-electron chi connectivity index (χ3n) is 3.03. The molecule has 122 valence electrons. The fourth-order valence-corrected chi connectivity index (χ4v) is 1.84. The highest BCUT2D eigenvalue weighted by Crippen LogP contribution is 2.09. The maximum Gasteiger partial charge on any atom is 0.305 e. The Bertz CT molecular complexity index is 349. The molecule has 0 aromatic rings. The minimum Gasteiger partial charge on any atom is -0.465 e. The van der Waals surface area contributed by atoms with Crippen molar-refractivity contribution in [2.45, 2.75) is 64.2 Å². The summed E-state index contributed by atoms with van der Waals surface area (Å²) >= 11 is 0. The molecular weight excluding hydrogens is 280 g/mol.